The normalized spacial score (nSPS) is 4.71. The molecule has 1 aromatic carbocycles. The van der Waals surface area contributed by atoms with Crippen LogP contribution in [0.15, 0.2) is 29.4 Å². The largest absolute Gasteiger partial charge is 0.399 e. The fourth-order valence-electron chi connectivity index (χ4n) is 0.733. The van der Waals surface area contributed by atoms with Gasteiger partial charge in [0.15, 0.2) is 0 Å². The molecule has 0 aliphatic heterocycles. The van der Waals surface area contributed by atoms with Gasteiger partial charge in [0.1, 0.15) is 0 Å². The zero-order valence-electron chi connectivity index (χ0n) is 18.5. The molecule has 175 valence electrons. The van der Waals surface area contributed by atoms with E-state index in [0.29, 0.717) is 6.54 Å². The van der Waals surface area contributed by atoms with E-state index in [4.69, 9.17) is 11.3 Å². The van der Waals surface area contributed by atoms with Crippen molar-refractivity contribution in [3.63, 3.8) is 0 Å². The molecule has 0 amide bonds. The summed E-state index contributed by atoms with van der Waals surface area (Å²) in [5, 5.41) is 3.15. The number of aryl methyl sites for hydroxylation is 1. The maximum absolute atomic E-state index is 7.52. The van der Waals surface area contributed by atoms with Crippen molar-refractivity contribution in [3.8, 4) is 0 Å². The predicted molar refractivity (Wildman–Crippen MR) is 145 cm³/mol. The van der Waals surface area contributed by atoms with E-state index in [1.54, 1.807) is 6.92 Å². The predicted octanol–water partition coefficient (Wildman–Crippen LogP) is 10.2. The van der Waals surface area contributed by atoms with Crippen molar-refractivity contribution < 1.29 is 0 Å². The summed E-state index contributed by atoms with van der Waals surface area (Å²) in [6, 6.07) is 7.80. The van der Waals surface area contributed by atoms with Gasteiger partial charge in [0.25, 0.3) is 0 Å². The first kappa shape index (κ1) is 71.8. The number of benzene rings is 1. The second-order valence-electron chi connectivity index (χ2n) is 2.46. The van der Waals surface area contributed by atoms with Crippen LogP contribution in [0.4, 0.5) is 5.69 Å². The smallest absolute Gasteiger partial charge is 0.0316 e. The summed E-state index contributed by atoms with van der Waals surface area (Å²) >= 11 is 0. The number of nitrogens with zero attached hydrogens (tertiary/aromatic N) is 3. The SMILES string of the molecule is C.C.C.C.CC.CC.CC.CC.CC.CCN=[N+]=[N-].Cc1cccc(N)c1.[B]. The van der Waals surface area contributed by atoms with Crippen LogP contribution in [0.25, 0.3) is 10.4 Å². The van der Waals surface area contributed by atoms with Gasteiger partial charge in [-0.15, -0.1) is 0 Å². The molecule has 0 bridgehead atoms. The first-order valence-corrected chi connectivity index (χ1v) is 9.03. The van der Waals surface area contributed by atoms with Crippen LogP contribution in [-0.4, -0.2) is 15.0 Å². The average molecular weight is 404 g/mol. The lowest BCUT2D eigenvalue weighted by Crippen LogP contribution is -1.82. The van der Waals surface area contributed by atoms with Crippen LogP contribution >= 0.6 is 0 Å². The first-order valence-electron chi connectivity index (χ1n) is 9.03. The fraction of sp³-hybridized carbons (Fsp3) is 0.739. The van der Waals surface area contributed by atoms with Crippen LogP contribution in [0.1, 0.15) is 111 Å². The summed E-state index contributed by atoms with van der Waals surface area (Å²) in [7, 11) is 0. The molecule has 0 spiro atoms. The Balaban J connectivity index is -0.0000000145. The zero-order chi connectivity index (χ0) is 20.1. The van der Waals surface area contributed by atoms with Gasteiger partial charge in [-0.3, -0.25) is 0 Å². The standard InChI is InChI=1S/C7H9N.C2H5N3.5C2H6.4CH4.B/c1-6-3-2-4-7(8)5-6;1-2-4-5-3;5*1-2;;;;;/h2-5H,8H2,1H3;2H2,1H3;5*1-2H3;4*1H4;. The van der Waals surface area contributed by atoms with Gasteiger partial charge in [0, 0.05) is 25.6 Å². The highest BCUT2D eigenvalue weighted by atomic mass is 15.1. The third-order valence-electron chi connectivity index (χ3n) is 1.25. The van der Waals surface area contributed by atoms with Gasteiger partial charge in [-0.25, -0.2) is 0 Å². The Morgan fingerprint density at radius 3 is 1.25 bits per heavy atom. The highest BCUT2D eigenvalue weighted by Crippen LogP contribution is 2.03. The molecule has 3 radical (unpaired) electrons. The van der Waals surface area contributed by atoms with E-state index >= 15 is 0 Å². The van der Waals surface area contributed by atoms with Crippen molar-refractivity contribution in [2.24, 2.45) is 5.11 Å². The molecule has 2 N–H and O–H groups in total. The summed E-state index contributed by atoms with van der Waals surface area (Å²) in [5.74, 6) is 0. The lowest BCUT2D eigenvalue weighted by atomic mass is 10.2. The molecule has 0 aliphatic carbocycles. The number of rotatable bonds is 1. The number of anilines is 1. The van der Waals surface area contributed by atoms with E-state index in [9.17, 15) is 0 Å². The van der Waals surface area contributed by atoms with Gasteiger partial charge < -0.3 is 5.73 Å². The van der Waals surface area contributed by atoms with Gasteiger partial charge in [0.05, 0.1) is 0 Å². The van der Waals surface area contributed by atoms with Gasteiger partial charge in [-0.05, 0) is 30.2 Å². The monoisotopic (exact) mass is 403 g/mol. The van der Waals surface area contributed by atoms with Crippen molar-refractivity contribution >= 4 is 14.1 Å². The minimum atomic E-state index is 0. The minimum absolute atomic E-state index is 0. The van der Waals surface area contributed by atoms with Crippen molar-refractivity contribution in [3.05, 3.63) is 40.3 Å². The highest BCUT2D eigenvalue weighted by Gasteiger charge is 1.81. The van der Waals surface area contributed by atoms with Gasteiger partial charge in [-0.1, -0.05) is 123 Å². The van der Waals surface area contributed by atoms with Crippen molar-refractivity contribution in [2.45, 2.75) is 113 Å². The van der Waals surface area contributed by atoms with E-state index in [1.807, 2.05) is 100 Å². The van der Waals surface area contributed by atoms with E-state index in [1.165, 1.54) is 5.56 Å². The van der Waals surface area contributed by atoms with E-state index in [0.717, 1.165) is 5.69 Å². The zero-order valence-corrected chi connectivity index (χ0v) is 18.5. The Morgan fingerprint density at radius 1 is 0.821 bits per heavy atom. The molecule has 28 heavy (non-hydrogen) atoms. The number of azide groups is 1. The lowest BCUT2D eigenvalue weighted by Gasteiger charge is -1.91. The van der Waals surface area contributed by atoms with Crippen LogP contribution in [0.5, 0.6) is 0 Å². The Hall–Kier alpha value is -1.61. The summed E-state index contributed by atoms with van der Waals surface area (Å²) in [5.41, 5.74) is 15.0. The number of nitrogen functional groups attached to an aromatic ring is 1. The van der Waals surface area contributed by atoms with Gasteiger partial charge >= 0.3 is 0 Å². The molecule has 0 unspecified atom stereocenters. The molecule has 0 fully saturated rings. The van der Waals surface area contributed by atoms with E-state index < -0.39 is 0 Å². The second-order valence-corrected chi connectivity index (χ2v) is 2.46. The van der Waals surface area contributed by atoms with E-state index in [-0.39, 0.29) is 38.1 Å². The Kier molecular flexibility index (Phi) is 299. The molecular formula is C23H60BN4. The summed E-state index contributed by atoms with van der Waals surface area (Å²) in [4.78, 5) is 2.48. The third-order valence-corrected chi connectivity index (χ3v) is 1.25. The topological polar surface area (TPSA) is 74.8 Å². The van der Waals surface area contributed by atoms with Crippen LogP contribution in [0.2, 0.25) is 0 Å². The van der Waals surface area contributed by atoms with Crippen molar-refractivity contribution in [1.82, 2.24) is 0 Å². The number of hydrogen-bond donors (Lipinski definition) is 1. The molecule has 0 aliphatic rings. The Morgan fingerprint density at radius 2 is 1.14 bits per heavy atom. The minimum Gasteiger partial charge on any atom is -0.399 e. The average Bonchev–Trinajstić information content (AvgIpc) is 2.65. The van der Waals surface area contributed by atoms with Gasteiger partial charge in [0.2, 0.25) is 0 Å². The molecule has 4 nitrogen and oxygen atoms in total. The van der Waals surface area contributed by atoms with Crippen molar-refractivity contribution in [1.29, 1.82) is 0 Å². The molecule has 1 aromatic rings. The summed E-state index contributed by atoms with van der Waals surface area (Å²) < 4.78 is 0. The van der Waals surface area contributed by atoms with E-state index in [2.05, 4.69) is 10.0 Å². The molecular weight excluding hydrogens is 343 g/mol. The molecule has 1 rings (SSSR count). The third kappa shape index (κ3) is 124. The summed E-state index contributed by atoms with van der Waals surface area (Å²) in [6.45, 7) is 24.4. The quantitative estimate of drug-likeness (QED) is 0.163. The molecule has 0 saturated heterocycles. The lowest BCUT2D eigenvalue weighted by molar-refractivity contribution is 1.11. The van der Waals surface area contributed by atoms with Crippen LogP contribution in [-0.2, 0) is 0 Å². The molecule has 0 heterocycles. The maximum Gasteiger partial charge on any atom is 0.0316 e. The van der Waals surface area contributed by atoms with Gasteiger partial charge in [-0.2, -0.15) is 0 Å². The van der Waals surface area contributed by atoms with Crippen molar-refractivity contribution in [2.75, 3.05) is 12.3 Å². The molecule has 0 atom stereocenters. The molecule has 0 aromatic heterocycles. The fourth-order valence-corrected chi connectivity index (χ4v) is 0.733. The highest BCUT2D eigenvalue weighted by molar-refractivity contribution is 5.75. The van der Waals surface area contributed by atoms with Crippen LogP contribution < -0.4 is 5.73 Å². The Bertz CT molecular complexity index is 283. The maximum atomic E-state index is 7.52. The number of hydrogen-bond acceptors (Lipinski definition) is 2. The van der Waals surface area contributed by atoms with Crippen LogP contribution in [0, 0.1) is 6.92 Å². The molecule has 0 saturated carbocycles. The second kappa shape index (κ2) is 116. The summed E-state index contributed by atoms with van der Waals surface area (Å²) in [6.07, 6.45) is 0. The first-order chi connectivity index (χ1) is 11.2. The Labute approximate surface area is 184 Å². The molecule has 5 heteroatoms. The number of nitrogens with two attached hydrogens (primary N) is 1. The van der Waals surface area contributed by atoms with Crippen LogP contribution in [0.3, 0.4) is 0 Å².